The van der Waals surface area contributed by atoms with Gasteiger partial charge in [-0.05, 0) is 37.7 Å². The van der Waals surface area contributed by atoms with Crippen LogP contribution in [0.25, 0.3) is 11.0 Å². The third-order valence-corrected chi connectivity index (χ3v) is 6.02. The molecule has 1 aliphatic carbocycles. The summed E-state index contributed by atoms with van der Waals surface area (Å²) in [5.74, 6) is 7.47. The molecule has 1 saturated heterocycles. The summed E-state index contributed by atoms with van der Waals surface area (Å²) in [5.41, 5.74) is 6.59. The van der Waals surface area contributed by atoms with Gasteiger partial charge in [0.1, 0.15) is 17.8 Å². The molecular weight excluding hydrogens is 372 g/mol. The molecule has 1 unspecified atom stereocenters. The number of hydrogen-bond acceptors (Lipinski definition) is 7. The number of rotatable bonds is 4. The van der Waals surface area contributed by atoms with Crippen molar-refractivity contribution in [2.45, 2.75) is 25.8 Å². The van der Waals surface area contributed by atoms with E-state index in [0.717, 1.165) is 42.8 Å². The van der Waals surface area contributed by atoms with Gasteiger partial charge in [0.25, 0.3) is 0 Å². The lowest BCUT2D eigenvalue weighted by atomic mass is 10.0. The maximum absolute atomic E-state index is 12.5. The standard InChI is InChI=1S/C18H28N10O/c1-3-28(20)25-17(19)24-18(29)27-8-11-6-13(7-12(11)9-27)26(2)16-14-4-5-21-15(14)22-10-23-16/h4-5,10-13H,3,6-9,20H2,1-2H3,(H,21,22,23)(H3,19,24,25,29)/t11-,12+,13?. The molecule has 29 heavy (non-hydrogen) atoms. The number of aromatic amines is 1. The topological polar surface area (TPSA) is 145 Å². The molecule has 0 spiro atoms. The number of nitrogens with two attached hydrogens (primary N) is 2. The summed E-state index contributed by atoms with van der Waals surface area (Å²) in [6, 6.07) is 2.18. The zero-order valence-electron chi connectivity index (χ0n) is 16.7. The molecule has 2 aromatic rings. The first-order valence-corrected chi connectivity index (χ1v) is 9.89. The second kappa shape index (κ2) is 7.74. The number of aromatic nitrogens is 3. The molecular formula is C18H28N10O. The number of likely N-dealkylation sites (tertiary alicyclic amines) is 1. The number of hydrazone groups is 1. The number of guanidine groups is 1. The van der Waals surface area contributed by atoms with E-state index in [4.69, 9.17) is 11.6 Å². The van der Waals surface area contributed by atoms with E-state index in [0.29, 0.717) is 24.4 Å². The van der Waals surface area contributed by atoms with Crippen LogP contribution < -0.4 is 21.8 Å². The number of nitrogens with zero attached hydrogens (tertiary/aromatic N) is 6. The molecule has 0 radical (unpaired) electrons. The van der Waals surface area contributed by atoms with Crippen LogP contribution in [0.15, 0.2) is 23.7 Å². The van der Waals surface area contributed by atoms with Crippen LogP contribution in [0.3, 0.4) is 0 Å². The van der Waals surface area contributed by atoms with Crippen molar-refractivity contribution in [2.24, 2.45) is 28.5 Å². The lowest BCUT2D eigenvalue weighted by Crippen LogP contribution is -2.47. The van der Waals surface area contributed by atoms with Gasteiger partial charge in [-0.2, -0.15) is 0 Å². The first kappa shape index (κ1) is 19.2. The highest BCUT2D eigenvalue weighted by atomic mass is 16.2. The Labute approximate surface area is 169 Å². The average Bonchev–Trinajstić information content (AvgIpc) is 3.40. The number of urea groups is 1. The lowest BCUT2D eigenvalue weighted by molar-refractivity contribution is 0.209. The Balaban J connectivity index is 1.36. The van der Waals surface area contributed by atoms with E-state index in [2.05, 4.69) is 37.3 Å². The summed E-state index contributed by atoms with van der Waals surface area (Å²) in [4.78, 5) is 28.5. The van der Waals surface area contributed by atoms with Crippen molar-refractivity contribution in [1.82, 2.24) is 30.3 Å². The summed E-state index contributed by atoms with van der Waals surface area (Å²) >= 11 is 0. The fourth-order valence-corrected chi connectivity index (χ4v) is 4.49. The lowest BCUT2D eigenvalue weighted by Gasteiger charge is -2.28. The highest BCUT2D eigenvalue weighted by molar-refractivity contribution is 5.95. The van der Waals surface area contributed by atoms with Crippen LogP contribution in [0, 0.1) is 11.8 Å². The summed E-state index contributed by atoms with van der Waals surface area (Å²) < 4.78 is 0. The molecule has 4 rings (SSSR count). The third-order valence-electron chi connectivity index (χ3n) is 6.02. The van der Waals surface area contributed by atoms with Crippen LogP contribution in [0.4, 0.5) is 10.6 Å². The monoisotopic (exact) mass is 400 g/mol. The molecule has 156 valence electrons. The largest absolute Gasteiger partial charge is 0.368 e. The Morgan fingerprint density at radius 2 is 2.10 bits per heavy atom. The Morgan fingerprint density at radius 3 is 2.79 bits per heavy atom. The number of fused-ring (bicyclic) bond motifs is 2. The van der Waals surface area contributed by atoms with E-state index >= 15 is 0 Å². The molecule has 3 heterocycles. The normalized spacial score (nSPS) is 24.0. The van der Waals surface area contributed by atoms with Gasteiger partial charge in [-0.15, -0.1) is 5.10 Å². The Bertz CT molecular complexity index is 897. The van der Waals surface area contributed by atoms with E-state index in [-0.39, 0.29) is 12.0 Å². The number of carbonyl (C=O) groups excluding carboxylic acids is 1. The van der Waals surface area contributed by atoms with Crippen LogP contribution >= 0.6 is 0 Å². The summed E-state index contributed by atoms with van der Waals surface area (Å²) in [6.07, 6.45) is 5.53. The molecule has 0 bridgehead atoms. The van der Waals surface area contributed by atoms with Crippen molar-refractivity contribution in [1.29, 1.82) is 0 Å². The number of hydrazine groups is 1. The van der Waals surface area contributed by atoms with Crippen molar-refractivity contribution < 1.29 is 4.79 Å². The Hall–Kier alpha value is -3.08. The van der Waals surface area contributed by atoms with Crippen molar-refractivity contribution in [3.05, 3.63) is 18.6 Å². The van der Waals surface area contributed by atoms with E-state index in [9.17, 15) is 4.79 Å². The first-order chi connectivity index (χ1) is 14.0. The third kappa shape index (κ3) is 3.77. The number of carbonyl (C=O) groups is 1. The van der Waals surface area contributed by atoms with Crippen molar-refractivity contribution in [3.63, 3.8) is 0 Å². The predicted octanol–water partition coefficient (Wildman–Crippen LogP) is 0.239. The SMILES string of the molecule is CCN(N)/N=C(\N)NC(=O)N1C[C@H]2CC(N(C)c3ncnc4[nH]ccc34)C[C@H]2C1. The maximum atomic E-state index is 12.5. The number of nitrogens with one attached hydrogen (secondary N) is 2. The summed E-state index contributed by atoms with van der Waals surface area (Å²) in [5, 5.41) is 8.72. The second-order valence-electron chi connectivity index (χ2n) is 7.77. The van der Waals surface area contributed by atoms with Gasteiger partial charge in [0.05, 0.1) is 11.9 Å². The highest BCUT2D eigenvalue weighted by Gasteiger charge is 2.44. The number of amides is 2. The highest BCUT2D eigenvalue weighted by Crippen LogP contribution is 2.41. The zero-order chi connectivity index (χ0) is 20.5. The van der Waals surface area contributed by atoms with Crippen molar-refractivity contribution in [2.75, 3.05) is 31.6 Å². The number of hydrogen-bond donors (Lipinski definition) is 4. The smallest absolute Gasteiger partial charge is 0.324 e. The van der Waals surface area contributed by atoms with Crippen LogP contribution in [-0.4, -0.2) is 69.7 Å². The van der Waals surface area contributed by atoms with Crippen molar-refractivity contribution >= 4 is 28.8 Å². The zero-order valence-corrected chi connectivity index (χ0v) is 16.7. The molecule has 1 aliphatic heterocycles. The minimum Gasteiger partial charge on any atom is -0.368 e. The minimum absolute atomic E-state index is 0.00769. The van der Waals surface area contributed by atoms with E-state index in [1.165, 1.54) is 5.12 Å². The predicted molar refractivity (Wildman–Crippen MR) is 111 cm³/mol. The van der Waals surface area contributed by atoms with Crippen LogP contribution in [0.2, 0.25) is 0 Å². The molecule has 3 atom stereocenters. The molecule has 6 N–H and O–H groups in total. The summed E-state index contributed by atoms with van der Waals surface area (Å²) in [6.45, 7) is 3.78. The van der Waals surface area contributed by atoms with Gasteiger partial charge < -0.3 is 20.5 Å². The average molecular weight is 400 g/mol. The van der Waals surface area contributed by atoms with Gasteiger partial charge in [-0.1, -0.05) is 0 Å². The van der Waals surface area contributed by atoms with Gasteiger partial charge in [0, 0.05) is 32.4 Å². The molecule has 2 amide bonds. The van der Waals surface area contributed by atoms with Gasteiger partial charge >= 0.3 is 6.03 Å². The molecule has 2 fully saturated rings. The van der Waals surface area contributed by atoms with Gasteiger partial charge in [-0.3, -0.25) is 5.32 Å². The van der Waals surface area contributed by atoms with Gasteiger partial charge in [-0.25, -0.2) is 25.7 Å². The van der Waals surface area contributed by atoms with E-state index < -0.39 is 0 Å². The second-order valence-corrected chi connectivity index (χ2v) is 7.77. The van der Waals surface area contributed by atoms with Crippen LogP contribution in [0.1, 0.15) is 19.8 Å². The van der Waals surface area contributed by atoms with Crippen LogP contribution in [0.5, 0.6) is 0 Å². The van der Waals surface area contributed by atoms with E-state index in [1.807, 2.05) is 24.1 Å². The first-order valence-electron chi connectivity index (χ1n) is 9.89. The molecule has 1 saturated carbocycles. The van der Waals surface area contributed by atoms with Crippen molar-refractivity contribution in [3.8, 4) is 0 Å². The molecule has 0 aromatic carbocycles. The molecule has 11 nitrogen and oxygen atoms in total. The molecule has 2 aliphatic rings. The quantitative estimate of drug-likeness (QED) is 0.249. The van der Waals surface area contributed by atoms with Gasteiger partial charge in [0.2, 0.25) is 5.96 Å². The number of H-pyrrole nitrogens is 1. The maximum Gasteiger partial charge on any atom is 0.324 e. The van der Waals surface area contributed by atoms with E-state index in [1.54, 1.807) is 6.33 Å². The molecule has 2 aromatic heterocycles. The minimum atomic E-state index is -0.222. The fourth-order valence-electron chi connectivity index (χ4n) is 4.49. The van der Waals surface area contributed by atoms with Gasteiger partial charge in [0.15, 0.2) is 0 Å². The number of anilines is 1. The Kier molecular flexibility index (Phi) is 5.14. The summed E-state index contributed by atoms with van der Waals surface area (Å²) in [7, 11) is 2.09. The fraction of sp³-hybridized carbons (Fsp3) is 0.556. The van der Waals surface area contributed by atoms with Crippen LogP contribution in [-0.2, 0) is 0 Å². The Morgan fingerprint density at radius 1 is 1.38 bits per heavy atom. The molecule has 11 heteroatoms.